The van der Waals surface area contributed by atoms with Gasteiger partial charge in [0.2, 0.25) is 5.88 Å². The quantitative estimate of drug-likeness (QED) is 0.237. The van der Waals surface area contributed by atoms with Crippen LogP contribution in [0.5, 0.6) is 11.6 Å². The highest BCUT2D eigenvalue weighted by Crippen LogP contribution is 2.34. The minimum atomic E-state index is -4.52. The van der Waals surface area contributed by atoms with Crippen molar-refractivity contribution < 1.29 is 22.7 Å². The maximum absolute atomic E-state index is 14.1. The Labute approximate surface area is 248 Å². The molecule has 2 aromatic carbocycles. The van der Waals surface area contributed by atoms with Crippen LogP contribution in [0.4, 0.5) is 24.7 Å². The van der Waals surface area contributed by atoms with Crippen LogP contribution in [0.25, 0.3) is 0 Å². The Morgan fingerprint density at radius 1 is 1.02 bits per heavy atom. The van der Waals surface area contributed by atoms with Crippen molar-refractivity contribution in [1.29, 1.82) is 0 Å². The minimum Gasteiger partial charge on any atom is -0.439 e. The van der Waals surface area contributed by atoms with Crippen molar-refractivity contribution in [3.8, 4) is 11.6 Å². The highest BCUT2D eigenvalue weighted by Gasteiger charge is 2.34. The number of alkyl halides is 3. The predicted octanol–water partition coefficient (Wildman–Crippen LogP) is 5.64. The molecule has 4 aromatic rings. The summed E-state index contributed by atoms with van der Waals surface area (Å²) in [5, 5.41) is 7.22. The molecule has 1 aliphatic rings. The van der Waals surface area contributed by atoms with Gasteiger partial charge in [0.1, 0.15) is 17.9 Å². The number of benzene rings is 2. The first-order chi connectivity index (χ1) is 20.6. The average Bonchev–Trinajstić information content (AvgIpc) is 3.39. The zero-order valence-corrected chi connectivity index (χ0v) is 24.4. The number of hydrogen-bond acceptors (Lipinski definition) is 8. The molecule has 0 radical (unpaired) electrons. The molecule has 2 aromatic heterocycles. The van der Waals surface area contributed by atoms with Crippen molar-refractivity contribution in [2.24, 2.45) is 7.05 Å². The van der Waals surface area contributed by atoms with E-state index >= 15 is 0 Å². The van der Waals surface area contributed by atoms with Crippen molar-refractivity contribution in [1.82, 2.24) is 29.5 Å². The van der Waals surface area contributed by atoms with E-state index in [2.05, 4.69) is 32.2 Å². The van der Waals surface area contributed by atoms with Gasteiger partial charge in [0.05, 0.1) is 17.4 Å². The highest BCUT2D eigenvalue weighted by molar-refractivity contribution is 5.98. The first kappa shape index (κ1) is 30.2. The summed E-state index contributed by atoms with van der Waals surface area (Å²) < 4.78 is 49.8. The summed E-state index contributed by atoms with van der Waals surface area (Å²) in [5.74, 6) is 0.847. The number of Topliss-reactive ketones (excluding diaryl/α,β-unsaturated/α-hetero) is 1. The van der Waals surface area contributed by atoms with Gasteiger partial charge in [-0.05, 0) is 42.3 Å². The number of likely N-dealkylation sites (N-methyl/N-ethyl adjacent to an activating group) is 1. The fraction of sp³-hybridized carbons (Fsp3) is 0.355. The second-order valence-corrected chi connectivity index (χ2v) is 10.7. The van der Waals surface area contributed by atoms with Gasteiger partial charge < -0.3 is 15.0 Å². The van der Waals surface area contributed by atoms with Crippen molar-refractivity contribution in [3.05, 3.63) is 89.0 Å². The number of nitrogens with zero attached hydrogens (tertiary/aromatic N) is 6. The summed E-state index contributed by atoms with van der Waals surface area (Å²) in [4.78, 5) is 25.9. The lowest BCUT2D eigenvalue weighted by atomic mass is 9.97. The second-order valence-electron chi connectivity index (χ2n) is 10.7. The maximum Gasteiger partial charge on any atom is 0.416 e. The number of halogens is 3. The molecule has 1 fully saturated rings. The van der Waals surface area contributed by atoms with E-state index in [1.807, 2.05) is 11.8 Å². The topological polar surface area (TPSA) is 88.4 Å². The number of rotatable bonds is 10. The van der Waals surface area contributed by atoms with Gasteiger partial charge in [0.15, 0.2) is 5.78 Å². The lowest BCUT2D eigenvalue weighted by molar-refractivity contribution is -0.138. The van der Waals surface area contributed by atoms with Crippen LogP contribution in [-0.2, 0) is 26.2 Å². The summed E-state index contributed by atoms with van der Waals surface area (Å²) >= 11 is 0. The summed E-state index contributed by atoms with van der Waals surface area (Å²) in [7, 11) is 1.80. The van der Waals surface area contributed by atoms with Crippen molar-refractivity contribution in [2.75, 3.05) is 38.0 Å². The molecular weight excluding hydrogens is 559 g/mol. The van der Waals surface area contributed by atoms with Gasteiger partial charge in [0, 0.05) is 64.0 Å². The third-order valence-electron chi connectivity index (χ3n) is 7.49. The van der Waals surface area contributed by atoms with E-state index in [4.69, 9.17) is 4.74 Å². The van der Waals surface area contributed by atoms with E-state index < -0.39 is 11.7 Å². The predicted molar refractivity (Wildman–Crippen MR) is 157 cm³/mol. The number of aryl methyl sites for hydroxylation is 2. The Morgan fingerprint density at radius 2 is 1.79 bits per heavy atom. The van der Waals surface area contributed by atoms with E-state index in [1.165, 1.54) is 12.4 Å². The number of aromatic nitrogens is 4. The number of ketones is 1. The largest absolute Gasteiger partial charge is 0.439 e. The molecule has 0 atom stereocenters. The van der Waals surface area contributed by atoms with Gasteiger partial charge in [-0.3, -0.25) is 14.4 Å². The standard InChI is InChI=1S/C31H34F3N7O2/c1-4-40-9-11-41(12-10-40)18-24-8-6-22(13-26(24)31(32,33)34)14-27(42)23-7-5-21(2)28(15-23)43-30-16-29(35-20-36-30)38-25-17-37-39(3)19-25/h5-8,13,15-17,19-20H,4,9-12,14,18H2,1-3H3,(H,35,36,38). The van der Waals surface area contributed by atoms with Crippen LogP contribution < -0.4 is 10.1 Å². The molecule has 1 N–H and O–H groups in total. The van der Waals surface area contributed by atoms with E-state index in [1.54, 1.807) is 54.5 Å². The van der Waals surface area contributed by atoms with Gasteiger partial charge in [-0.1, -0.05) is 31.2 Å². The van der Waals surface area contributed by atoms with Crippen LogP contribution in [0, 0.1) is 6.92 Å². The maximum atomic E-state index is 14.1. The molecule has 43 heavy (non-hydrogen) atoms. The molecule has 226 valence electrons. The lowest BCUT2D eigenvalue weighted by Gasteiger charge is -2.34. The van der Waals surface area contributed by atoms with Gasteiger partial charge in [-0.15, -0.1) is 0 Å². The van der Waals surface area contributed by atoms with Crippen LogP contribution in [0.3, 0.4) is 0 Å². The van der Waals surface area contributed by atoms with Crippen LogP contribution in [0.15, 0.2) is 61.2 Å². The number of hydrogen-bond donors (Lipinski definition) is 1. The first-order valence-corrected chi connectivity index (χ1v) is 14.1. The van der Waals surface area contributed by atoms with Crippen molar-refractivity contribution in [3.63, 3.8) is 0 Å². The van der Waals surface area contributed by atoms with Crippen LogP contribution >= 0.6 is 0 Å². The highest BCUT2D eigenvalue weighted by atomic mass is 19.4. The Balaban J connectivity index is 1.29. The smallest absolute Gasteiger partial charge is 0.416 e. The molecular formula is C31H34F3N7O2. The fourth-order valence-electron chi connectivity index (χ4n) is 5.02. The number of carbonyl (C=O) groups is 1. The molecule has 0 bridgehead atoms. The minimum absolute atomic E-state index is 0.173. The first-order valence-electron chi connectivity index (χ1n) is 14.1. The molecule has 0 saturated carbocycles. The molecule has 9 nitrogen and oxygen atoms in total. The second kappa shape index (κ2) is 12.9. The van der Waals surface area contributed by atoms with E-state index in [0.717, 1.165) is 50.0 Å². The molecule has 0 spiro atoms. The number of nitrogens with one attached hydrogen (secondary N) is 1. The van der Waals surface area contributed by atoms with Gasteiger partial charge in [-0.2, -0.15) is 18.3 Å². The van der Waals surface area contributed by atoms with E-state index in [0.29, 0.717) is 22.7 Å². The summed E-state index contributed by atoms with van der Waals surface area (Å²) in [6.07, 6.45) is 0.106. The molecule has 5 rings (SSSR count). The summed E-state index contributed by atoms with van der Waals surface area (Å²) in [6, 6.07) is 10.8. The van der Waals surface area contributed by atoms with Crippen LogP contribution in [0.2, 0.25) is 0 Å². The molecule has 12 heteroatoms. The van der Waals surface area contributed by atoms with Crippen LogP contribution in [-0.4, -0.2) is 68.1 Å². The molecule has 1 aliphatic heterocycles. The SMILES string of the molecule is CCN1CCN(Cc2ccc(CC(=O)c3ccc(C)c(Oc4cc(Nc5cnn(C)c5)ncn4)c3)cc2C(F)(F)F)CC1. The molecule has 1 saturated heterocycles. The third kappa shape index (κ3) is 7.76. The fourth-order valence-corrected chi connectivity index (χ4v) is 5.02. The Hall–Kier alpha value is -4.29. The third-order valence-corrected chi connectivity index (χ3v) is 7.49. The Morgan fingerprint density at radius 3 is 2.49 bits per heavy atom. The molecule has 3 heterocycles. The summed E-state index contributed by atoms with van der Waals surface area (Å²) in [5.41, 5.74) is 1.68. The van der Waals surface area contributed by atoms with Gasteiger partial charge >= 0.3 is 6.18 Å². The van der Waals surface area contributed by atoms with E-state index in [9.17, 15) is 18.0 Å². The molecule has 0 unspecified atom stereocenters. The van der Waals surface area contributed by atoms with Crippen molar-refractivity contribution in [2.45, 2.75) is 33.0 Å². The van der Waals surface area contributed by atoms with Gasteiger partial charge in [0.25, 0.3) is 0 Å². The molecule has 0 amide bonds. The zero-order chi connectivity index (χ0) is 30.6. The van der Waals surface area contributed by atoms with Gasteiger partial charge in [-0.25, -0.2) is 9.97 Å². The number of anilines is 2. The van der Waals surface area contributed by atoms with Crippen molar-refractivity contribution >= 4 is 17.3 Å². The Bertz CT molecular complexity index is 1580. The number of ether oxygens (including phenoxy) is 1. The van der Waals surface area contributed by atoms with E-state index in [-0.39, 0.29) is 30.2 Å². The van der Waals surface area contributed by atoms with Crippen LogP contribution in [0.1, 0.15) is 39.5 Å². The Kier molecular flexibility index (Phi) is 9.07. The number of carbonyl (C=O) groups excluding carboxylic acids is 1. The monoisotopic (exact) mass is 593 g/mol. The normalized spacial score (nSPS) is 14.6. The average molecular weight is 594 g/mol. The zero-order valence-electron chi connectivity index (χ0n) is 24.4. The summed E-state index contributed by atoms with van der Waals surface area (Å²) in [6.45, 7) is 8.20. The lowest BCUT2D eigenvalue weighted by Crippen LogP contribution is -2.45. The molecule has 0 aliphatic carbocycles. The number of piperazine rings is 1.